The van der Waals surface area contributed by atoms with Crippen molar-refractivity contribution >= 4 is 29.4 Å². The Morgan fingerprint density at radius 3 is 2.31 bits per heavy atom. The van der Waals surface area contributed by atoms with E-state index < -0.39 is 29.7 Å². The van der Waals surface area contributed by atoms with Gasteiger partial charge >= 0.3 is 18.0 Å². The summed E-state index contributed by atoms with van der Waals surface area (Å²) in [7, 11) is 2.72. The fourth-order valence-corrected chi connectivity index (χ4v) is 2.92. The summed E-state index contributed by atoms with van der Waals surface area (Å²) in [6, 6.07) is 10.6. The third-order valence-electron chi connectivity index (χ3n) is 4.31. The minimum Gasteiger partial charge on any atom is -0.495 e. The van der Waals surface area contributed by atoms with Crippen LogP contribution in [-0.4, -0.2) is 49.0 Å². The van der Waals surface area contributed by atoms with Crippen LogP contribution in [0, 0.1) is 0 Å². The Kier molecular flexibility index (Phi) is 8.06. The predicted octanol–water partition coefficient (Wildman–Crippen LogP) is 3.75. The van der Waals surface area contributed by atoms with E-state index in [1.54, 1.807) is 57.2 Å². The lowest BCUT2D eigenvalue weighted by atomic mass is 10.0. The topological polar surface area (TPSA) is 123 Å². The van der Waals surface area contributed by atoms with Gasteiger partial charge in [-0.3, -0.25) is 0 Å². The molecule has 2 aromatic rings. The highest BCUT2D eigenvalue weighted by molar-refractivity contribution is 5.95. The molecule has 0 heterocycles. The number of carboxylic acids is 1. The number of para-hydroxylation sites is 1. The van der Waals surface area contributed by atoms with Crippen molar-refractivity contribution in [2.75, 3.05) is 19.5 Å². The van der Waals surface area contributed by atoms with Crippen molar-refractivity contribution in [2.45, 2.75) is 38.8 Å². The fraction of sp³-hybridized carbons (Fsp3) is 0.348. The van der Waals surface area contributed by atoms with E-state index in [-0.39, 0.29) is 12.0 Å². The molecule has 32 heavy (non-hydrogen) atoms. The maximum atomic E-state index is 12.2. The standard InChI is InChI=1S/C23H28N2O7/c1-23(2,3)32-22(29)25-18(21(28)31-5)13-14-10-11-19(30-4)17(12-14)24-16-9-7-6-8-15(16)20(26)27/h6-12,18,24H,13H2,1-5H3,(H,25,29)(H,26,27)/t18-/m0/s1. The lowest BCUT2D eigenvalue weighted by Gasteiger charge is -2.23. The zero-order valence-electron chi connectivity index (χ0n) is 18.7. The summed E-state index contributed by atoms with van der Waals surface area (Å²) in [5.74, 6) is -1.23. The Bertz CT molecular complexity index is 983. The summed E-state index contributed by atoms with van der Waals surface area (Å²) in [6.45, 7) is 5.16. The molecule has 9 heteroatoms. The van der Waals surface area contributed by atoms with Crippen LogP contribution < -0.4 is 15.4 Å². The maximum absolute atomic E-state index is 12.2. The second kappa shape index (κ2) is 10.5. The molecule has 9 nitrogen and oxygen atoms in total. The molecule has 0 bridgehead atoms. The summed E-state index contributed by atoms with van der Waals surface area (Å²) < 4.78 is 15.4. The van der Waals surface area contributed by atoms with Crippen molar-refractivity contribution in [3.63, 3.8) is 0 Å². The second-order valence-electron chi connectivity index (χ2n) is 7.94. The van der Waals surface area contributed by atoms with E-state index in [0.29, 0.717) is 22.7 Å². The van der Waals surface area contributed by atoms with Gasteiger partial charge in [0.25, 0.3) is 0 Å². The number of esters is 1. The number of nitrogens with one attached hydrogen (secondary N) is 2. The zero-order chi connectivity index (χ0) is 23.9. The summed E-state index contributed by atoms with van der Waals surface area (Å²) >= 11 is 0. The number of rotatable bonds is 8. The molecule has 1 atom stereocenters. The number of aromatic carboxylic acids is 1. The average molecular weight is 444 g/mol. The number of carbonyl (C=O) groups is 3. The van der Waals surface area contributed by atoms with Crippen LogP contribution in [0.5, 0.6) is 5.75 Å². The number of benzene rings is 2. The van der Waals surface area contributed by atoms with Gasteiger partial charge < -0.3 is 30.0 Å². The maximum Gasteiger partial charge on any atom is 0.408 e. The van der Waals surface area contributed by atoms with Crippen molar-refractivity contribution in [2.24, 2.45) is 0 Å². The molecule has 0 aromatic heterocycles. The number of hydrogen-bond acceptors (Lipinski definition) is 7. The Morgan fingerprint density at radius 1 is 1.03 bits per heavy atom. The first-order valence-corrected chi connectivity index (χ1v) is 9.87. The number of anilines is 2. The van der Waals surface area contributed by atoms with Crippen LogP contribution in [0.25, 0.3) is 0 Å². The first-order chi connectivity index (χ1) is 15.0. The second-order valence-corrected chi connectivity index (χ2v) is 7.94. The average Bonchev–Trinajstić information content (AvgIpc) is 2.71. The molecular formula is C23H28N2O7. The lowest BCUT2D eigenvalue weighted by molar-refractivity contribution is -0.143. The van der Waals surface area contributed by atoms with Crippen LogP contribution in [0.15, 0.2) is 42.5 Å². The third-order valence-corrected chi connectivity index (χ3v) is 4.31. The van der Waals surface area contributed by atoms with Crippen LogP contribution in [0.3, 0.4) is 0 Å². The molecule has 0 unspecified atom stereocenters. The van der Waals surface area contributed by atoms with Crippen molar-refractivity contribution in [1.29, 1.82) is 0 Å². The van der Waals surface area contributed by atoms with E-state index >= 15 is 0 Å². The smallest absolute Gasteiger partial charge is 0.408 e. The van der Waals surface area contributed by atoms with E-state index in [1.165, 1.54) is 20.3 Å². The van der Waals surface area contributed by atoms with Crippen molar-refractivity contribution < 1.29 is 33.7 Å². The monoisotopic (exact) mass is 444 g/mol. The SMILES string of the molecule is COC(=O)[C@H](Cc1ccc(OC)c(Nc2ccccc2C(=O)O)c1)NC(=O)OC(C)(C)C. The molecule has 2 aromatic carbocycles. The molecule has 3 N–H and O–H groups in total. The molecule has 0 saturated heterocycles. The quantitative estimate of drug-likeness (QED) is 0.526. The Hall–Kier alpha value is -3.75. The van der Waals surface area contributed by atoms with Crippen molar-refractivity contribution in [3.8, 4) is 5.75 Å². The summed E-state index contributed by atoms with van der Waals surface area (Å²) in [6.07, 6.45) is -0.624. The van der Waals surface area contributed by atoms with Gasteiger partial charge in [-0.15, -0.1) is 0 Å². The van der Waals surface area contributed by atoms with Crippen LogP contribution in [0.1, 0.15) is 36.7 Å². The van der Waals surface area contributed by atoms with Crippen LogP contribution >= 0.6 is 0 Å². The van der Waals surface area contributed by atoms with Crippen LogP contribution in [0.4, 0.5) is 16.2 Å². The highest BCUT2D eigenvalue weighted by atomic mass is 16.6. The molecule has 0 aliphatic carbocycles. The van der Waals surface area contributed by atoms with Gasteiger partial charge in [-0.25, -0.2) is 14.4 Å². The molecular weight excluding hydrogens is 416 g/mol. The van der Waals surface area contributed by atoms with Crippen LogP contribution in [0.2, 0.25) is 0 Å². The largest absolute Gasteiger partial charge is 0.495 e. The minimum atomic E-state index is -1.07. The number of alkyl carbamates (subject to hydrolysis) is 1. The molecule has 0 aliphatic rings. The van der Waals surface area contributed by atoms with E-state index in [4.69, 9.17) is 14.2 Å². The highest BCUT2D eigenvalue weighted by Crippen LogP contribution is 2.30. The number of methoxy groups -OCH3 is 2. The van der Waals surface area contributed by atoms with E-state index in [1.807, 2.05) is 0 Å². The van der Waals surface area contributed by atoms with Gasteiger partial charge in [-0.1, -0.05) is 18.2 Å². The Labute approximate surface area is 186 Å². The molecule has 0 spiro atoms. The van der Waals surface area contributed by atoms with Gasteiger partial charge in [0.2, 0.25) is 0 Å². The van der Waals surface area contributed by atoms with Crippen LogP contribution in [-0.2, 0) is 20.7 Å². The zero-order valence-corrected chi connectivity index (χ0v) is 18.7. The molecule has 0 saturated carbocycles. The molecule has 0 aliphatic heterocycles. The number of hydrogen-bond donors (Lipinski definition) is 3. The number of carboxylic acid groups (broad SMARTS) is 1. The van der Waals surface area contributed by atoms with E-state index in [9.17, 15) is 19.5 Å². The highest BCUT2D eigenvalue weighted by Gasteiger charge is 2.25. The molecule has 2 rings (SSSR count). The lowest BCUT2D eigenvalue weighted by Crippen LogP contribution is -2.45. The van der Waals surface area contributed by atoms with Gasteiger partial charge in [0.1, 0.15) is 17.4 Å². The molecule has 1 amide bonds. The first-order valence-electron chi connectivity index (χ1n) is 9.87. The first kappa shape index (κ1) is 24.5. The van der Waals surface area contributed by atoms with Crippen molar-refractivity contribution in [3.05, 3.63) is 53.6 Å². The van der Waals surface area contributed by atoms with E-state index in [0.717, 1.165) is 0 Å². The predicted molar refractivity (Wildman–Crippen MR) is 119 cm³/mol. The van der Waals surface area contributed by atoms with Gasteiger partial charge in [-0.2, -0.15) is 0 Å². The number of carbonyl (C=O) groups excluding carboxylic acids is 2. The Morgan fingerprint density at radius 2 is 1.72 bits per heavy atom. The summed E-state index contributed by atoms with van der Waals surface area (Å²) in [4.78, 5) is 35.9. The van der Waals surface area contributed by atoms with E-state index in [2.05, 4.69) is 10.6 Å². The summed E-state index contributed by atoms with van der Waals surface area (Å²) in [5.41, 5.74) is 0.928. The third kappa shape index (κ3) is 6.90. The minimum absolute atomic E-state index is 0.0963. The van der Waals surface area contributed by atoms with Gasteiger partial charge in [0, 0.05) is 6.42 Å². The number of ether oxygens (including phenoxy) is 3. The normalized spacial score (nSPS) is 11.8. The molecule has 0 radical (unpaired) electrons. The van der Waals surface area contributed by atoms with Gasteiger partial charge in [0.15, 0.2) is 0 Å². The fourth-order valence-electron chi connectivity index (χ4n) is 2.92. The van der Waals surface area contributed by atoms with Gasteiger partial charge in [-0.05, 0) is 50.6 Å². The Balaban J connectivity index is 2.30. The summed E-state index contributed by atoms with van der Waals surface area (Å²) in [5, 5.41) is 15.0. The molecule has 172 valence electrons. The van der Waals surface area contributed by atoms with Crippen molar-refractivity contribution in [1.82, 2.24) is 5.32 Å². The number of amides is 1. The molecule has 0 fully saturated rings. The van der Waals surface area contributed by atoms with Gasteiger partial charge in [0.05, 0.1) is 31.2 Å².